The van der Waals surface area contributed by atoms with Crippen molar-refractivity contribution in [2.75, 3.05) is 0 Å². The predicted molar refractivity (Wildman–Crippen MR) is 225 cm³/mol. The van der Waals surface area contributed by atoms with Gasteiger partial charge in [-0.1, -0.05) is 46.4 Å². The lowest BCUT2D eigenvalue weighted by molar-refractivity contribution is 0.667. The van der Waals surface area contributed by atoms with E-state index in [0.717, 1.165) is 114 Å². The molecule has 53 heavy (non-hydrogen) atoms. The first-order valence-corrected chi connectivity index (χ1v) is 18.9. The lowest BCUT2D eigenvalue weighted by Gasteiger charge is -2.02. The van der Waals surface area contributed by atoms with E-state index in [9.17, 15) is 0 Å². The highest BCUT2D eigenvalue weighted by atomic mass is 79.9. The largest absolute Gasteiger partial charge is 0.456 e. The van der Waals surface area contributed by atoms with Crippen LogP contribution in [0.3, 0.4) is 0 Å². The monoisotopic (exact) mass is 830 g/mol. The topological polar surface area (TPSA) is 52.6 Å². The maximum Gasteiger partial charge on any atom is 0.150 e. The zero-order valence-electron chi connectivity index (χ0n) is 27.0. The van der Waals surface area contributed by atoms with Crippen LogP contribution < -0.4 is 0 Å². The van der Waals surface area contributed by atoms with Crippen LogP contribution in [-0.4, -0.2) is 0 Å². The van der Waals surface area contributed by atoms with Gasteiger partial charge in [-0.3, -0.25) is 0 Å². The second-order valence-electron chi connectivity index (χ2n) is 13.2. The quantitative estimate of drug-likeness (QED) is 0.153. The Morgan fingerprint density at radius 3 is 1.11 bits per heavy atom. The lowest BCUT2D eigenvalue weighted by atomic mass is 10.0. The molecule has 0 saturated carbocycles. The summed E-state index contributed by atoms with van der Waals surface area (Å²) >= 11 is 28.1. The van der Waals surface area contributed by atoms with Crippen LogP contribution >= 0.6 is 62.3 Å². The fourth-order valence-corrected chi connectivity index (χ4v) is 8.82. The molecule has 12 aromatic rings. The van der Waals surface area contributed by atoms with Gasteiger partial charge in [-0.25, -0.2) is 0 Å². The Bertz CT molecular complexity index is 3420. The SMILES string of the molecule is Clc1ccc2c(c1)oc1cc3c(Br)c4oc5cc(Cl)ccc5c4cc3cc12.Clc1ccc2c(c1)oc1cc3cc4oc5cc(Cl)ccc5c4cc3cc12. The minimum atomic E-state index is 0.657. The number of rotatable bonds is 0. The van der Waals surface area contributed by atoms with Crippen molar-refractivity contribution in [3.8, 4) is 0 Å². The first-order chi connectivity index (χ1) is 25.7. The zero-order valence-corrected chi connectivity index (χ0v) is 31.6. The van der Waals surface area contributed by atoms with Crippen LogP contribution in [0, 0.1) is 0 Å². The van der Waals surface area contributed by atoms with Gasteiger partial charge in [-0.15, -0.1) is 0 Å². The second-order valence-corrected chi connectivity index (χ2v) is 15.7. The third-order valence-electron chi connectivity index (χ3n) is 9.98. The fourth-order valence-electron chi connectivity index (χ4n) is 7.54. The number of furan rings is 4. The molecule has 0 radical (unpaired) electrons. The Hall–Kier alpha value is -4.88. The van der Waals surface area contributed by atoms with Gasteiger partial charge in [-0.2, -0.15) is 0 Å². The Kier molecular flexibility index (Phi) is 6.90. The summed E-state index contributed by atoms with van der Waals surface area (Å²) in [4.78, 5) is 0. The Morgan fingerprint density at radius 1 is 0.302 bits per heavy atom. The normalized spacial score (nSPS) is 12.2. The molecule has 0 atom stereocenters. The highest BCUT2D eigenvalue weighted by molar-refractivity contribution is 9.10. The molecule has 0 unspecified atom stereocenters. The van der Waals surface area contributed by atoms with Gasteiger partial charge >= 0.3 is 0 Å². The molecule has 0 spiro atoms. The molecule has 254 valence electrons. The molecule has 0 bridgehead atoms. The van der Waals surface area contributed by atoms with E-state index >= 15 is 0 Å². The molecule has 0 fully saturated rings. The summed E-state index contributed by atoms with van der Waals surface area (Å²) < 4.78 is 25.0. The summed E-state index contributed by atoms with van der Waals surface area (Å²) in [7, 11) is 0. The van der Waals surface area contributed by atoms with Crippen LogP contribution in [0.25, 0.3) is 109 Å². The maximum absolute atomic E-state index is 6.12. The van der Waals surface area contributed by atoms with Crippen molar-refractivity contribution in [1.82, 2.24) is 0 Å². The van der Waals surface area contributed by atoms with Gasteiger partial charge in [-0.05, 0) is 123 Å². The van der Waals surface area contributed by atoms with E-state index in [1.54, 1.807) is 0 Å². The molecule has 9 heteroatoms. The van der Waals surface area contributed by atoms with Crippen LogP contribution in [0.15, 0.2) is 137 Å². The molecule has 4 aromatic heterocycles. The van der Waals surface area contributed by atoms with Crippen molar-refractivity contribution >= 4 is 172 Å². The Labute approximate surface area is 327 Å². The van der Waals surface area contributed by atoms with Gasteiger partial charge in [0.2, 0.25) is 0 Å². The van der Waals surface area contributed by atoms with Crippen molar-refractivity contribution in [1.29, 1.82) is 0 Å². The third kappa shape index (κ3) is 4.96. The highest BCUT2D eigenvalue weighted by Gasteiger charge is 2.17. The van der Waals surface area contributed by atoms with E-state index in [1.807, 2.05) is 78.9 Å². The van der Waals surface area contributed by atoms with Crippen LogP contribution in [0.4, 0.5) is 0 Å². The fraction of sp³-hybridized carbons (Fsp3) is 0. The average molecular weight is 833 g/mol. The zero-order chi connectivity index (χ0) is 35.7. The van der Waals surface area contributed by atoms with Gasteiger partial charge in [0.1, 0.15) is 44.7 Å². The molecular formula is C44H19BrCl4O4. The minimum Gasteiger partial charge on any atom is -0.456 e. The molecule has 4 nitrogen and oxygen atoms in total. The van der Waals surface area contributed by atoms with E-state index < -0.39 is 0 Å². The number of hydrogen-bond acceptors (Lipinski definition) is 4. The van der Waals surface area contributed by atoms with Gasteiger partial charge in [0.25, 0.3) is 0 Å². The van der Waals surface area contributed by atoms with Crippen LogP contribution in [-0.2, 0) is 0 Å². The van der Waals surface area contributed by atoms with Crippen molar-refractivity contribution < 1.29 is 17.7 Å². The standard InChI is InChI=1S/C22H9BrCl2O2.C22H10Cl2O2/c23-21-15-9-20-16(13-3-1-11(24)7-18(13)26-20)5-10(15)6-17-14-4-2-12(25)8-19(14)27-22(17)21;23-13-1-3-15-17-5-11-6-18-16-4-2-14(24)10-22(16)26-20(18)8-12(11)7-19(17)25-21(15)9-13/h1-9H;1-10H. The first-order valence-electron chi connectivity index (χ1n) is 16.6. The van der Waals surface area contributed by atoms with Gasteiger partial charge in [0.15, 0.2) is 0 Å². The summed E-state index contributed by atoms with van der Waals surface area (Å²) in [6.07, 6.45) is 0. The van der Waals surface area contributed by atoms with E-state index in [-0.39, 0.29) is 0 Å². The second kappa shape index (κ2) is 11.6. The van der Waals surface area contributed by atoms with E-state index in [2.05, 4.69) is 52.3 Å². The molecule has 0 aliphatic rings. The highest BCUT2D eigenvalue weighted by Crippen LogP contribution is 2.43. The first kappa shape index (κ1) is 31.6. The van der Waals surface area contributed by atoms with Crippen molar-refractivity contribution in [3.05, 3.63) is 140 Å². The summed E-state index contributed by atoms with van der Waals surface area (Å²) in [5.41, 5.74) is 6.46. The molecule has 12 rings (SSSR count). The average Bonchev–Trinajstić information content (AvgIpc) is 3.88. The molecule has 0 amide bonds. The number of halogens is 5. The van der Waals surface area contributed by atoms with Gasteiger partial charge < -0.3 is 17.7 Å². The summed E-state index contributed by atoms with van der Waals surface area (Å²) in [5, 5.41) is 15.5. The van der Waals surface area contributed by atoms with Crippen LogP contribution in [0.1, 0.15) is 0 Å². The molecule has 0 saturated heterocycles. The molecule has 0 aliphatic heterocycles. The van der Waals surface area contributed by atoms with Crippen LogP contribution in [0.5, 0.6) is 0 Å². The van der Waals surface area contributed by atoms with Crippen molar-refractivity contribution in [2.45, 2.75) is 0 Å². The third-order valence-corrected chi connectivity index (χ3v) is 11.7. The van der Waals surface area contributed by atoms with Gasteiger partial charge in [0.05, 0.1) is 4.47 Å². The number of hydrogen-bond donors (Lipinski definition) is 0. The summed E-state index contributed by atoms with van der Waals surface area (Å²) in [5.74, 6) is 0. The molecule has 0 aliphatic carbocycles. The number of fused-ring (bicyclic) bond motifs is 14. The van der Waals surface area contributed by atoms with Crippen LogP contribution in [0.2, 0.25) is 20.1 Å². The molecule has 8 aromatic carbocycles. The number of benzene rings is 8. The minimum absolute atomic E-state index is 0.657. The summed E-state index contributed by atoms with van der Waals surface area (Å²) in [6.45, 7) is 0. The lowest BCUT2D eigenvalue weighted by Crippen LogP contribution is -1.77. The van der Waals surface area contributed by atoms with Crippen molar-refractivity contribution in [2.24, 2.45) is 0 Å². The van der Waals surface area contributed by atoms with E-state index in [1.165, 1.54) is 0 Å². The smallest absolute Gasteiger partial charge is 0.150 e. The molecular weight excluding hydrogens is 814 g/mol. The molecule has 0 N–H and O–H groups in total. The summed E-state index contributed by atoms with van der Waals surface area (Å²) in [6, 6.07) is 37.7. The maximum atomic E-state index is 6.12. The van der Waals surface area contributed by atoms with Crippen molar-refractivity contribution in [3.63, 3.8) is 0 Å². The van der Waals surface area contributed by atoms with E-state index in [4.69, 9.17) is 64.1 Å². The van der Waals surface area contributed by atoms with E-state index in [0.29, 0.717) is 20.1 Å². The van der Waals surface area contributed by atoms with Gasteiger partial charge in [0, 0.05) is 92.8 Å². The predicted octanol–water partition coefficient (Wildman–Crippen LogP) is 16.7. The Balaban J connectivity index is 0.000000125. The molecule has 4 heterocycles. The Morgan fingerprint density at radius 2 is 0.642 bits per heavy atom.